The molecule has 0 heterocycles. The lowest BCUT2D eigenvalue weighted by atomic mass is 9.83. The second-order valence-electron chi connectivity index (χ2n) is 6.90. The summed E-state index contributed by atoms with van der Waals surface area (Å²) in [6, 6.07) is 13.7. The fraction of sp³-hybridized carbons (Fsp3) is 0.250. The quantitative estimate of drug-likeness (QED) is 0.769. The van der Waals surface area contributed by atoms with Gasteiger partial charge in [-0.3, -0.25) is 14.4 Å². The molecule has 0 aliphatic heterocycles. The van der Waals surface area contributed by atoms with E-state index in [1.807, 2.05) is 39.0 Å². The number of benzene rings is 2. The third kappa shape index (κ3) is 4.92. The van der Waals surface area contributed by atoms with Crippen molar-refractivity contribution < 1.29 is 19.5 Å². The van der Waals surface area contributed by atoms with Crippen LogP contribution in [0.25, 0.3) is 0 Å². The van der Waals surface area contributed by atoms with Gasteiger partial charge in [0.2, 0.25) is 0 Å². The molecule has 6 heteroatoms. The van der Waals surface area contributed by atoms with Crippen LogP contribution in [-0.2, 0) is 10.2 Å². The second kappa shape index (κ2) is 7.82. The minimum absolute atomic E-state index is 0.167. The smallest absolute Gasteiger partial charge is 0.322 e. The van der Waals surface area contributed by atoms with Crippen LogP contribution in [0.5, 0.6) is 0 Å². The molecule has 0 bridgehead atoms. The highest BCUT2D eigenvalue weighted by molar-refractivity contribution is 6.05. The molecule has 0 saturated heterocycles. The zero-order chi connectivity index (χ0) is 19.3. The van der Waals surface area contributed by atoms with E-state index >= 15 is 0 Å². The number of carboxylic acids is 1. The fourth-order valence-electron chi connectivity index (χ4n) is 2.50. The number of carbonyl (C=O) groups is 3. The van der Waals surface area contributed by atoms with Crippen molar-refractivity contribution >= 4 is 23.5 Å². The molecule has 0 aliphatic rings. The van der Waals surface area contributed by atoms with Crippen LogP contribution in [0, 0.1) is 0 Å². The van der Waals surface area contributed by atoms with Crippen LogP contribution >= 0.6 is 0 Å². The van der Waals surface area contributed by atoms with Crippen molar-refractivity contribution in [1.82, 2.24) is 5.32 Å². The molecule has 0 atom stereocenters. The first-order valence-corrected chi connectivity index (χ1v) is 8.19. The first-order valence-electron chi connectivity index (χ1n) is 8.19. The van der Waals surface area contributed by atoms with Gasteiger partial charge in [-0.2, -0.15) is 0 Å². The van der Waals surface area contributed by atoms with Gasteiger partial charge in [0.1, 0.15) is 6.54 Å². The zero-order valence-electron chi connectivity index (χ0n) is 15.0. The SMILES string of the molecule is CC(C)(C)c1ccccc1C(=O)Nc1ccc(C(=O)NCC(=O)O)cc1. The maximum absolute atomic E-state index is 12.6. The average molecular weight is 354 g/mol. The van der Waals surface area contributed by atoms with Gasteiger partial charge >= 0.3 is 5.97 Å². The van der Waals surface area contributed by atoms with Crippen LogP contribution in [0.1, 0.15) is 47.1 Å². The van der Waals surface area contributed by atoms with E-state index in [2.05, 4.69) is 10.6 Å². The lowest BCUT2D eigenvalue weighted by Crippen LogP contribution is -2.29. The van der Waals surface area contributed by atoms with Gasteiger partial charge in [0.05, 0.1) is 0 Å². The Hall–Kier alpha value is -3.15. The van der Waals surface area contributed by atoms with Crippen LogP contribution in [0.4, 0.5) is 5.69 Å². The Labute approximate surface area is 152 Å². The maximum atomic E-state index is 12.6. The Morgan fingerprint density at radius 1 is 0.923 bits per heavy atom. The van der Waals surface area contributed by atoms with Crippen molar-refractivity contribution in [3.63, 3.8) is 0 Å². The number of carbonyl (C=O) groups excluding carboxylic acids is 2. The van der Waals surface area contributed by atoms with E-state index in [1.165, 1.54) is 12.1 Å². The standard InChI is InChI=1S/C20H22N2O4/c1-20(2,3)16-7-5-4-6-15(16)19(26)22-14-10-8-13(9-11-14)18(25)21-12-17(23)24/h4-11H,12H2,1-3H3,(H,21,25)(H,22,26)(H,23,24). The van der Waals surface area contributed by atoms with Gasteiger partial charge in [-0.25, -0.2) is 0 Å². The van der Waals surface area contributed by atoms with Crippen molar-refractivity contribution in [3.05, 3.63) is 65.2 Å². The molecule has 26 heavy (non-hydrogen) atoms. The summed E-state index contributed by atoms with van der Waals surface area (Å²) >= 11 is 0. The fourth-order valence-corrected chi connectivity index (χ4v) is 2.50. The third-order valence-electron chi connectivity index (χ3n) is 3.78. The summed E-state index contributed by atoms with van der Waals surface area (Å²) in [5.74, 6) is -1.82. The molecular weight excluding hydrogens is 332 g/mol. The van der Waals surface area contributed by atoms with Gasteiger partial charge in [-0.15, -0.1) is 0 Å². The Morgan fingerprint density at radius 3 is 2.12 bits per heavy atom. The Morgan fingerprint density at radius 2 is 1.54 bits per heavy atom. The van der Waals surface area contributed by atoms with Gasteiger partial charge < -0.3 is 15.7 Å². The van der Waals surface area contributed by atoms with Crippen LogP contribution in [0.3, 0.4) is 0 Å². The summed E-state index contributed by atoms with van der Waals surface area (Å²) in [5, 5.41) is 13.7. The monoisotopic (exact) mass is 354 g/mol. The number of carboxylic acid groups (broad SMARTS) is 1. The first kappa shape index (κ1) is 19.2. The minimum atomic E-state index is -1.11. The predicted octanol–water partition coefficient (Wildman–Crippen LogP) is 3.05. The molecule has 0 radical (unpaired) electrons. The van der Waals surface area contributed by atoms with E-state index in [-0.39, 0.29) is 11.3 Å². The van der Waals surface area contributed by atoms with Crippen LogP contribution in [-0.4, -0.2) is 29.4 Å². The molecule has 2 amide bonds. The number of anilines is 1. The second-order valence-corrected chi connectivity index (χ2v) is 6.90. The van der Waals surface area contributed by atoms with E-state index < -0.39 is 18.4 Å². The van der Waals surface area contributed by atoms with E-state index in [4.69, 9.17) is 5.11 Å². The van der Waals surface area contributed by atoms with Crippen molar-refractivity contribution in [3.8, 4) is 0 Å². The lowest BCUT2D eigenvalue weighted by molar-refractivity contribution is -0.135. The number of nitrogens with one attached hydrogen (secondary N) is 2. The Kier molecular flexibility index (Phi) is 5.77. The topological polar surface area (TPSA) is 95.5 Å². The highest BCUT2D eigenvalue weighted by atomic mass is 16.4. The van der Waals surface area contributed by atoms with E-state index in [1.54, 1.807) is 18.2 Å². The Balaban J connectivity index is 2.11. The molecule has 6 nitrogen and oxygen atoms in total. The molecular formula is C20H22N2O4. The molecule has 0 fully saturated rings. The van der Waals surface area contributed by atoms with Crippen LogP contribution in [0.15, 0.2) is 48.5 Å². The number of hydrogen-bond donors (Lipinski definition) is 3. The van der Waals surface area contributed by atoms with Crippen molar-refractivity contribution in [2.75, 3.05) is 11.9 Å². The largest absolute Gasteiger partial charge is 0.480 e. The molecule has 2 aromatic carbocycles. The number of amides is 2. The molecule has 0 aliphatic carbocycles. The van der Waals surface area contributed by atoms with Gasteiger partial charge in [0, 0.05) is 16.8 Å². The molecule has 2 aromatic rings. The number of aliphatic carboxylic acids is 1. The maximum Gasteiger partial charge on any atom is 0.322 e. The molecule has 3 N–H and O–H groups in total. The highest BCUT2D eigenvalue weighted by Crippen LogP contribution is 2.26. The molecule has 0 unspecified atom stereocenters. The predicted molar refractivity (Wildman–Crippen MR) is 99.5 cm³/mol. The summed E-state index contributed by atoms with van der Waals surface area (Å²) < 4.78 is 0. The van der Waals surface area contributed by atoms with Crippen LogP contribution in [0.2, 0.25) is 0 Å². The van der Waals surface area contributed by atoms with Gasteiger partial charge in [0.25, 0.3) is 11.8 Å². The minimum Gasteiger partial charge on any atom is -0.480 e. The average Bonchev–Trinajstić information content (AvgIpc) is 2.59. The molecule has 136 valence electrons. The van der Waals surface area contributed by atoms with Crippen molar-refractivity contribution in [1.29, 1.82) is 0 Å². The van der Waals surface area contributed by atoms with E-state index in [9.17, 15) is 14.4 Å². The first-order chi connectivity index (χ1) is 12.2. The molecule has 0 spiro atoms. The van der Waals surface area contributed by atoms with Gasteiger partial charge in [-0.05, 0) is 41.3 Å². The summed E-state index contributed by atoms with van der Waals surface area (Å²) in [4.78, 5) is 34.9. The molecule has 0 saturated carbocycles. The zero-order valence-corrected chi connectivity index (χ0v) is 15.0. The van der Waals surface area contributed by atoms with Crippen molar-refractivity contribution in [2.45, 2.75) is 26.2 Å². The summed E-state index contributed by atoms with van der Waals surface area (Å²) in [7, 11) is 0. The lowest BCUT2D eigenvalue weighted by Gasteiger charge is -2.22. The van der Waals surface area contributed by atoms with E-state index in [0.29, 0.717) is 16.8 Å². The Bertz CT molecular complexity index is 820. The van der Waals surface area contributed by atoms with Gasteiger partial charge in [0.15, 0.2) is 0 Å². The van der Waals surface area contributed by atoms with Crippen molar-refractivity contribution in [2.24, 2.45) is 0 Å². The summed E-state index contributed by atoms with van der Waals surface area (Å²) in [6.07, 6.45) is 0. The van der Waals surface area contributed by atoms with Crippen LogP contribution < -0.4 is 10.6 Å². The molecule has 2 rings (SSSR count). The summed E-state index contributed by atoms with van der Waals surface area (Å²) in [6.45, 7) is 5.69. The number of hydrogen-bond acceptors (Lipinski definition) is 3. The van der Waals surface area contributed by atoms with E-state index in [0.717, 1.165) is 5.56 Å². The van der Waals surface area contributed by atoms with Gasteiger partial charge in [-0.1, -0.05) is 39.0 Å². The normalized spacial score (nSPS) is 10.9. The molecule has 0 aromatic heterocycles. The highest BCUT2D eigenvalue weighted by Gasteiger charge is 2.21. The number of rotatable bonds is 5. The third-order valence-corrected chi connectivity index (χ3v) is 3.78. The summed E-state index contributed by atoms with van der Waals surface area (Å²) in [5.41, 5.74) is 2.25.